The fourth-order valence-corrected chi connectivity index (χ4v) is 3.93. The fraction of sp³-hybridized carbons (Fsp3) is 0.423. The molecule has 0 bridgehead atoms. The Labute approximate surface area is 206 Å². The van der Waals surface area contributed by atoms with Gasteiger partial charge >= 0.3 is 0 Å². The predicted octanol–water partition coefficient (Wildman–Crippen LogP) is 2.81. The van der Waals surface area contributed by atoms with Gasteiger partial charge in [-0.05, 0) is 24.6 Å². The van der Waals surface area contributed by atoms with E-state index in [4.69, 9.17) is 24.0 Å². The number of hydrogen-bond donors (Lipinski definition) is 0. The first-order valence-corrected chi connectivity index (χ1v) is 11.4. The second-order valence-corrected chi connectivity index (χ2v) is 8.22. The summed E-state index contributed by atoms with van der Waals surface area (Å²) in [6, 6.07) is 13.2. The standard InChI is InChI=1S/C26H33N3O6/c1-18-6-8-19(9-7-18)23-15-22(21-11-10-20(34-4)14-24(21)35-5)27-29(23)25(30)16-28(12-13-32-2)26(31)17-33-3/h6-11,14,23H,12-13,15-17H2,1-5H3/t23-/m1/s1. The van der Waals surface area contributed by atoms with Crippen molar-refractivity contribution in [1.82, 2.24) is 9.91 Å². The molecule has 2 aromatic rings. The molecule has 0 saturated carbocycles. The number of benzene rings is 2. The lowest BCUT2D eigenvalue weighted by atomic mass is 9.97. The molecule has 1 heterocycles. The molecule has 35 heavy (non-hydrogen) atoms. The third-order valence-corrected chi connectivity index (χ3v) is 5.86. The summed E-state index contributed by atoms with van der Waals surface area (Å²) in [6.07, 6.45) is 0.502. The van der Waals surface area contributed by atoms with Crippen LogP contribution in [0.1, 0.15) is 29.2 Å². The van der Waals surface area contributed by atoms with Crippen LogP contribution in [-0.2, 0) is 19.1 Å². The van der Waals surface area contributed by atoms with Gasteiger partial charge in [0, 0.05) is 38.8 Å². The van der Waals surface area contributed by atoms with Crippen LogP contribution in [0.5, 0.6) is 11.5 Å². The molecule has 2 aromatic carbocycles. The summed E-state index contributed by atoms with van der Waals surface area (Å²) in [5.41, 5.74) is 3.59. The lowest BCUT2D eigenvalue weighted by Gasteiger charge is -2.27. The maximum atomic E-state index is 13.5. The Hall–Kier alpha value is -3.43. The molecule has 1 aliphatic rings. The molecule has 0 unspecified atom stereocenters. The number of carbonyl (C=O) groups excluding carboxylic acids is 2. The van der Waals surface area contributed by atoms with Crippen LogP contribution in [-0.4, -0.2) is 82.2 Å². The van der Waals surface area contributed by atoms with E-state index in [0.717, 1.165) is 22.4 Å². The van der Waals surface area contributed by atoms with Crippen molar-refractivity contribution in [2.75, 3.05) is 54.7 Å². The number of ether oxygens (including phenoxy) is 4. The Morgan fingerprint density at radius 1 is 1.03 bits per heavy atom. The Kier molecular flexibility index (Phi) is 9.22. The van der Waals surface area contributed by atoms with Crippen molar-refractivity contribution in [3.05, 3.63) is 59.2 Å². The second-order valence-electron chi connectivity index (χ2n) is 8.22. The number of hydrazone groups is 1. The molecule has 0 aliphatic carbocycles. The summed E-state index contributed by atoms with van der Waals surface area (Å²) in [4.78, 5) is 27.5. The van der Waals surface area contributed by atoms with Crippen LogP contribution in [0, 0.1) is 6.92 Å². The van der Waals surface area contributed by atoms with Crippen LogP contribution in [0.4, 0.5) is 0 Å². The smallest absolute Gasteiger partial charge is 0.262 e. The average molecular weight is 484 g/mol. The monoisotopic (exact) mass is 483 g/mol. The van der Waals surface area contributed by atoms with Crippen LogP contribution < -0.4 is 9.47 Å². The molecule has 1 aliphatic heterocycles. The largest absolute Gasteiger partial charge is 0.497 e. The predicted molar refractivity (Wildman–Crippen MR) is 132 cm³/mol. The summed E-state index contributed by atoms with van der Waals surface area (Å²) in [7, 11) is 6.17. The number of methoxy groups -OCH3 is 4. The van der Waals surface area contributed by atoms with Crippen molar-refractivity contribution in [1.29, 1.82) is 0 Å². The van der Waals surface area contributed by atoms with Gasteiger partial charge in [0.05, 0.1) is 32.6 Å². The van der Waals surface area contributed by atoms with Crippen LogP contribution in [0.15, 0.2) is 47.6 Å². The first kappa shape index (κ1) is 26.2. The zero-order valence-electron chi connectivity index (χ0n) is 20.9. The van der Waals surface area contributed by atoms with Crippen LogP contribution in [0.3, 0.4) is 0 Å². The molecule has 2 amide bonds. The van der Waals surface area contributed by atoms with Crippen LogP contribution in [0.2, 0.25) is 0 Å². The Bertz CT molecular complexity index is 1050. The van der Waals surface area contributed by atoms with Gasteiger partial charge < -0.3 is 23.8 Å². The maximum Gasteiger partial charge on any atom is 0.262 e. The van der Waals surface area contributed by atoms with Crippen molar-refractivity contribution in [3.8, 4) is 11.5 Å². The van der Waals surface area contributed by atoms with Gasteiger partial charge in [0.15, 0.2) is 0 Å². The highest BCUT2D eigenvalue weighted by molar-refractivity contribution is 6.05. The van der Waals surface area contributed by atoms with E-state index in [1.54, 1.807) is 27.4 Å². The molecule has 0 fully saturated rings. The van der Waals surface area contributed by atoms with E-state index < -0.39 is 0 Å². The maximum absolute atomic E-state index is 13.5. The molecule has 9 heteroatoms. The number of amides is 2. The van der Waals surface area contributed by atoms with Crippen molar-refractivity contribution < 1.29 is 28.5 Å². The number of nitrogens with zero attached hydrogens (tertiary/aromatic N) is 3. The molecule has 0 saturated heterocycles. The van der Waals surface area contributed by atoms with Gasteiger partial charge in [0.25, 0.3) is 5.91 Å². The minimum Gasteiger partial charge on any atom is -0.497 e. The molecular formula is C26H33N3O6. The van der Waals surface area contributed by atoms with Gasteiger partial charge in [-0.2, -0.15) is 5.10 Å². The second kappa shape index (κ2) is 12.3. The molecule has 1 atom stereocenters. The molecule has 0 N–H and O–H groups in total. The quantitative estimate of drug-likeness (QED) is 0.488. The minimum absolute atomic E-state index is 0.115. The lowest BCUT2D eigenvalue weighted by Crippen LogP contribution is -2.44. The SMILES string of the molecule is COCCN(CC(=O)N1N=C(c2ccc(OC)cc2OC)C[C@@H]1c1ccc(C)cc1)C(=O)COC. The van der Waals surface area contributed by atoms with E-state index in [0.29, 0.717) is 24.5 Å². The number of rotatable bonds is 11. The number of hydrogen-bond acceptors (Lipinski definition) is 7. The zero-order valence-corrected chi connectivity index (χ0v) is 20.9. The molecular weight excluding hydrogens is 450 g/mol. The van der Waals surface area contributed by atoms with Crippen molar-refractivity contribution in [2.24, 2.45) is 5.10 Å². The highest BCUT2D eigenvalue weighted by Gasteiger charge is 2.35. The molecule has 0 aromatic heterocycles. The first-order valence-electron chi connectivity index (χ1n) is 11.4. The number of carbonyl (C=O) groups is 2. The Morgan fingerprint density at radius 3 is 2.40 bits per heavy atom. The third kappa shape index (κ3) is 6.37. The normalized spacial score (nSPS) is 15.1. The van der Waals surface area contributed by atoms with Crippen molar-refractivity contribution in [3.63, 3.8) is 0 Å². The van der Waals surface area contributed by atoms with E-state index >= 15 is 0 Å². The summed E-state index contributed by atoms with van der Waals surface area (Å²) in [6.45, 7) is 2.35. The van der Waals surface area contributed by atoms with E-state index in [1.807, 2.05) is 43.3 Å². The van der Waals surface area contributed by atoms with E-state index in [2.05, 4.69) is 0 Å². The molecule has 9 nitrogen and oxygen atoms in total. The van der Waals surface area contributed by atoms with Crippen LogP contribution >= 0.6 is 0 Å². The van der Waals surface area contributed by atoms with Gasteiger partial charge in [-0.3, -0.25) is 9.59 Å². The highest BCUT2D eigenvalue weighted by Crippen LogP contribution is 2.36. The molecule has 3 rings (SSSR count). The van der Waals surface area contributed by atoms with Crippen molar-refractivity contribution in [2.45, 2.75) is 19.4 Å². The lowest BCUT2D eigenvalue weighted by molar-refractivity contribution is -0.144. The van der Waals surface area contributed by atoms with Gasteiger partial charge in [0.1, 0.15) is 24.7 Å². The topological polar surface area (TPSA) is 89.9 Å². The summed E-state index contributed by atoms with van der Waals surface area (Å²) in [5.74, 6) is 0.693. The third-order valence-electron chi connectivity index (χ3n) is 5.86. The molecule has 0 spiro atoms. The van der Waals surface area contributed by atoms with Gasteiger partial charge in [-0.1, -0.05) is 29.8 Å². The van der Waals surface area contributed by atoms with Crippen LogP contribution in [0.25, 0.3) is 0 Å². The minimum atomic E-state index is -0.313. The zero-order chi connectivity index (χ0) is 25.4. The van der Waals surface area contributed by atoms with E-state index in [9.17, 15) is 9.59 Å². The summed E-state index contributed by atoms with van der Waals surface area (Å²) >= 11 is 0. The fourth-order valence-electron chi connectivity index (χ4n) is 3.93. The Morgan fingerprint density at radius 2 is 1.77 bits per heavy atom. The summed E-state index contributed by atoms with van der Waals surface area (Å²) < 4.78 is 21.0. The molecule has 0 radical (unpaired) electrons. The summed E-state index contributed by atoms with van der Waals surface area (Å²) in [5, 5.41) is 6.20. The highest BCUT2D eigenvalue weighted by atomic mass is 16.5. The van der Waals surface area contributed by atoms with Gasteiger partial charge in [-0.25, -0.2) is 5.01 Å². The van der Waals surface area contributed by atoms with Crippen molar-refractivity contribution >= 4 is 17.5 Å². The van der Waals surface area contributed by atoms with Gasteiger partial charge in [-0.15, -0.1) is 0 Å². The average Bonchev–Trinajstić information content (AvgIpc) is 3.32. The van der Waals surface area contributed by atoms with Gasteiger partial charge in [0.2, 0.25) is 5.91 Å². The Balaban J connectivity index is 1.95. The van der Waals surface area contributed by atoms with E-state index in [1.165, 1.54) is 17.0 Å². The van der Waals surface area contributed by atoms with E-state index in [-0.39, 0.29) is 37.6 Å². The molecule has 188 valence electrons. The number of aryl methyl sites for hydroxylation is 1. The first-order chi connectivity index (χ1) is 16.9.